The minimum absolute atomic E-state index is 0.00791. The number of benzene rings is 1. The molecule has 0 aromatic heterocycles. The van der Waals surface area contributed by atoms with E-state index in [1.54, 1.807) is 0 Å². The number of hydrogen-bond donors (Lipinski definition) is 1. The summed E-state index contributed by atoms with van der Waals surface area (Å²) in [5.74, 6) is 0.305. The van der Waals surface area contributed by atoms with E-state index < -0.39 is 0 Å². The van der Waals surface area contributed by atoms with Gasteiger partial charge in [0.2, 0.25) is 11.8 Å². The Morgan fingerprint density at radius 3 is 2.19 bits per heavy atom. The maximum absolute atomic E-state index is 12.5. The van der Waals surface area contributed by atoms with Crippen LogP contribution in [0.2, 0.25) is 0 Å². The van der Waals surface area contributed by atoms with Crippen molar-refractivity contribution in [2.75, 3.05) is 12.0 Å². The molecule has 1 saturated heterocycles. The second-order valence-electron chi connectivity index (χ2n) is 5.95. The molecule has 1 aliphatic heterocycles. The maximum atomic E-state index is 12.5. The molecule has 108 valence electrons. The third-order valence-electron chi connectivity index (χ3n) is 4.85. The van der Waals surface area contributed by atoms with Crippen LogP contribution in [0.3, 0.4) is 0 Å². The molecule has 4 rings (SSSR count). The van der Waals surface area contributed by atoms with Gasteiger partial charge in [-0.15, -0.1) is 0 Å². The highest BCUT2D eigenvalue weighted by Gasteiger charge is 2.59. The van der Waals surface area contributed by atoms with E-state index >= 15 is 0 Å². The lowest BCUT2D eigenvalue weighted by molar-refractivity contribution is -0.140. The Balaban J connectivity index is 1.48. The minimum Gasteiger partial charge on any atom is -0.367 e. The third-order valence-corrected chi connectivity index (χ3v) is 5.38. The number of nitrogens with one attached hydrogen (secondary N) is 1. The molecule has 2 aliphatic carbocycles. The summed E-state index contributed by atoms with van der Waals surface area (Å²) in [4.78, 5) is 26.4. The highest BCUT2D eigenvalue weighted by molar-refractivity contribution is 9.10. The monoisotopic (exact) mass is 346 g/mol. The fourth-order valence-corrected chi connectivity index (χ4v) is 4.12. The van der Waals surface area contributed by atoms with E-state index in [2.05, 4.69) is 33.4 Å². The van der Waals surface area contributed by atoms with Gasteiger partial charge in [-0.2, -0.15) is 0 Å². The van der Waals surface area contributed by atoms with Gasteiger partial charge in [0.1, 0.15) is 0 Å². The molecular formula is C16H15BrN2O2. The first-order valence-corrected chi connectivity index (χ1v) is 7.97. The predicted molar refractivity (Wildman–Crippen MR) is 82.2 cm³/mol. The topological polar surface area (TPSA) is 49.4 Å². The van der Waals surface area contributed by atoms with Gasteiger partial charge in [-0.25, -0.2) is 0 Å². The molecule has 2 amide bonds. The van der Waals surface area contributed by atoms with Crippen molar-refractivity contribution in [3.63, 3.8) is 0 Å². The number of carbonyl (C=O) groups excluding carboxylic acids is 2. The summed E-state index contributed by atoms with van der Waals surface area (Å²) in [5.41, 5.74) is 0.900. The van der Waals surface area contributed by atoms with Crippen LogP contribution >= 0.6 is 15.9 Å². The first kappa shape index (κ1) is 13.1. The Hall–Kier alpha value is -1.62. The number of fused-ring (bicyclic) bond motifs is 5. The van der Waals surface area contributed by atoms with Crippen molar-refractivity contribution in [1.82, 2.24) is 4.90 Å². The average molecular weight is 347 g/mol. The molecular weight excluding hydrogens is 332 g/mol. The van der Waals surface area contributed by atoms with Crippen molar-refractivity contribution in [2.24, 2.45) is 23.7 Å². The fourth-order valence-electron chi connectivity index (χ4n) is 3.86. The Kier molecular flexibility index (Phi) is 2.92. The number of imide groups is 1. The quantitative estimate of drug-likeness (QED) is 0.676. The normalized spacial score (nSPS) is 32.9. The molecule has 2 fully saturated rings. The first-order valence-electron chi connectivity index (χ1n) is 7.18. The number of rotatable bonds is 3. The smallest absolute Gasteiger partial charge is 0.235 e. The van der Waals surface area contributed by atoms with Crippen molar-refractivity contribution in [2.45, 2.75) is 6.42 Å². The zero-order chi connectivity index (χ0) is 14.6. The van der Waals surface area contributed by atoms with E-state index in [1.165, 1.54) is 4.90 Å². The van der Waals surface area contributed by atoms with Gasteiger partial charge in [-0.05, 0) is 42.5 Å². The molecule has 4 atom stereocenters. The van der Waals surface area contributed by atoms with Crippen molar-refractivity contribution in [3.05, 3.63) is 40.9 Å². The summed E-state index contributed by atoms with van der Waals surface area (Å²) < 4.78 is 0.999. The van der Waals surface area contributed by atoms with Crippen LogP contribution in [0.1, 0.15) is 6.42 Å². The van der Waals surface area contributed by atoms with Crippen LogP contribution in [0.4, 0.5) is 5.69 Å². The lowest BCUT2D eigenvalue weighted by atomic mass is 9.85. The van der Waals surface area contributed by atoms with Crippen molar-refractivity contribution in [3.8, 4) is 0 Å². The second kappa shape index (κ2) is 4.70. The molecule has 0 spiro atoms. The van der Waals surface area contributed by atoms with Crippen molar-refractivity contribution in [1.29, 1.82) is 0 Å². The molecule has 0 radical (unpaired) electrons. The number of carbonyl (C=O) groups is 2. The van der Waals surface area contributed by atoms with Crippen LogP contribution in [-0.2, 0) is 9.59 Å². The predicted octanol–water partition coefficient (Wildman–Crippen LogP) is 2.63. The number of allylic oxidation sites excluding steroid dienone is 2. The first-order chi connectivity index (χ1) is 10.1. The summed E-state index contributed by atoms with van der Waals surface area (Å²) in [6.45, 7) is 0.256. The van der Waals surface area contributed by atoms with E-state index in [9.17, 15) is 9.59 Å². The molecule has 3 aliphatic rings. The van der Waals surface area contributed by atoms with E-state index in [0.717, 1.165) is 16.6 Å². The molecule has 1 N–H and O–H groups in total. The summed E-state index contributed by atoms with van der Waals surface area (Å²) >= 11 is 3.38. The molecule has 5 heteroatoms. The molecule has 1 aromatic carbocycles. The van der Waals surface area contributed by atoms with E-state index in [4.69, 9.17) is 0 Å². The summed E-state index contributed by atoms with van der Waals surface area (Å²) in [6.07, 6.45) is 5.20. The zero-order valence-corrected chi connectivity index (χ0v) is 12.9. The Labute approximate surface area is 131 Å². The lowest BCUT2D eigenvalue weighted by Crippen LogP contribution is -2.37. The number of halogens is 1. The number of hydrogen-bond acceptors (Lipinski definition) is 3. The van der Waals surface area contributed by atoms with Gasteiger partial charge in [0, 0.05) is 10.2 Å². The Bertz CT molecular complexity index is 610. The van der Waals surface area contributed by atoms with Crippen LogP contribution < -0.4 is 5.32 Å². The minimum atomic E-state index is -0.112. The lowest BCUT2D eigenvalue weighted by Gasteiger charge is -2.18. The van der Waals surface area contributed by atoms with Gasteiger partial charge < -0.3 is 5.32 Å². The largest absolute Gasteiger partial charge is 0.367 e. The Morgan fingerprint density at radius 1 is 1.05 bits per heavy atom. The molecule has 1 saturated carbocycles. The van der Waals surface area contributed by atoms with Gasteiger partial charge in [0.05, 0.1) is 18.5 Å². The maximum Gasteiger partial charge on any atom is 0.235 e. The van der Waals surface area contributed by atoms with Crippen LogP contribution in [0.5, 0.6) is 0 Å². The zero-order valence-electron chi connectivity index (χ0n) is 11.3. The fraction of sp³-hybridized carbons (Fsp3) is 0.375. The van der Waals surface area contributed by atoms with Crippen molar-refractivity contribution < 1.29 is 9.59 Å². The van der Waals surface area contributed by atoms with E-state index in [1.807, 2.05) is 24.3 Å². The van der Waals surface area contributed by atoms with E-state index in [0.29, 0.717) is 0 Å². The highest BCUT2D eigenvalue weighted by atomic mass is 79.9. The third kappa shape index (κ3) is 1.94. The van der Waals surface area contributed by atoms with Gasteiger partial charge in [-0.1, -0.05) is 28.1 Å². The van der Waals surface area contributed by atoms with E-state index in [-0.39, 0.29) is 42.2 Å². The van der Waals surface area contributed by atoms with Gasteiger partial charge in [-0.3, -0.25) is 14.5 Å². The molecule has 2 bridgehead atoms. The summed E-state index contributed by atoms with van der Waals surface area (Å²) in [5, 5.41) is 3.16. The molecule has 4 nitrogen and oxygen atoms in total. The number of amides is 2. The van der Waals surface area contributed by atoms with Crippen LogP contribution in [0.15, 0.2) is 40.9 Å². The van der Waals surface area contributed by atoms with Gasteiger partial charge in [0.15, 0.2) is 0 Å². The van der Waals surface area contributed by atoms with Crippen LogP contribution in [-0.4, -0.2) is 23.4 Å². The molecule has 21 heavy (non-hydrogen) atoms. The number of likely N-dealkylation sites (tertiary alicyclic amines) is 1. The Morgan fingerprint density at radius 2 is 1.62 bits per heavy atom. The second-order valence-corrected chi connectivity index (χ2v) is 6.86. The average Bonchev–Trinajstić information content (AvgIpc) is 3.14. The van der Waals surface area contributed by atoms with Crippen molar-refractivity contribution >= 4 is 33.4 Å². The molecule has 1 aromatic rings. The van der Waals surface area contributed by atoms with Crippen LogP contribution in [0.25, 0.3) is 0 Å². The molecule has 1 heterocycles. The van der Waals surface area contributed by atoms with Crippen LogP contribution in [0, 0.1) is 23.7 Å². The number of nitrogens with zero attached hydrogens (tertiary/aromatic N) is 1. The summed E-state index contributed by atoms with van der Waals surface area (Å²) in [7, 11) is 0. The highest BCUT2D eigenvalue weighted by Crippen LogP contribution is 2.52. The summed E-state index contributed by atoms with van der Waals surface area (Å²) in [6, 6.07) is 7.69. The standard InChI is InChI=1S/C16H15BrN2O2/c17-11-3-5-12(6-4-11)18-8-19-15(20)13-9-1-2-10(7-9)14(13)16(19)21/h1-6,9-10,13-14,18H,7-8H2/t9-,10-,13+,14+/m1/s1. The molecule has 0 unspecified atom stereocenters. The SMILES string of the molecule is O=C1[C@@H]2[C@@H](C(=O)N1CNc1ccc(Br)cc1)[C@@H]1C=C[C@@H]2C1. The van der Waals surface area contributed by atoms with Gasteiger partial charge in [0.25, 0.3) is 0 Å². The number of anilines is 1. The van der Waals surface area contributed by atoms with Gasteiger partial charge >= 0.3 is 0 Å².